The zero-order valence-corrected chi connectivity index (χ0v) is 15.8. The fraction of sp³-hybridized carbons (Fsp3) is 0.200. The molecule has 0 fully saturated rings. The summed E-state index contributed by atoms with van der Waals surface area (Å²) in [6.45, 7) is -4.79. The molecule has 0 saturated heterocycles. The number of hydrogen-bond donors (Lipinski definition) is 0. The molecule has 0 atom stereocenters. The zero-order chi connectivity index (χ0) is 16.4. The minimum Gasteiger partial charge on any atom is -0.487 e. The van der Waals surface area contributed by atoms with Gasteiger partial charge in [0.1, 0.15) is 5.75 Å². The van der Waals surface area contributed by atoms with Gasteiger partial charge in [-0.15, -0.1) is 5.46 Å². The third kappa shape index (κ3) is 5.56. The summed E-state index contributed by atoms with van der Waals surface area (Å²) in [6.07, 6.45) is 0. The molecule has 2 rings (SSSR count). The van der Waals surface area contributed by atoms with Crippen LogP contribution in [0.25, 0.3) is 0 Å². The van der Waals surface area contributed by atoms with Gasteiger partial charge in [-0.25, -0.2) is 0 Å². The smallest absolute Gasteiger partial charge is 0.487 e. The Morgan fingerprint density at radius 3 is 2.13 bits per heavy atom. The molecule has 8 heteroatoms. The number of ether oxygens (including phenoxy) is 1. The maximum Gasteiger partial charge on any atom is 1.00 e. The summed E-state index contributed by atoms with van der Waals surface area (Å²) in [7, 11) is 0. The largest absolute Gasteiger partial charge is 1.00 e. The first-order valence-corrected chi connectivity index (χ1v) is 6.57. The number of hydrogen-bond acceptors (Lipinski definition) is 1. The van der Waals surface area contributed by atoms with Gasteiger partial charge in [-0.05, 0) is 19.1 Å². The van der Waals surface area contributed by atoms with Crippen molar-refractivity contribution in [3.63, 3.8) is 0 Å². The van der Waals surface area contributed by atoms with E-state index in [1.54, 1.807) is 6.07 Å². The molecular weight excluding hydrogens is 341 g/mol. The van der Waals surface area contributed by atoms with Crippen molar-refractivity contribution in [1.82, 2.24) is 0 Å². The summed E-state index contributed by atoms with van der Waals surface area (Å²) in [6, 6.07) is 10.1. The van der Waals surface area contributed by atoms with Crippen LogP contribution in [0, 0.1) is 6.92 Å². The van der Waals surface area contributed by atoms with Gasteiger partial charge in [-0.1, -0.05) is 42.0 Å². The molecule has 1 nitrogen and oxygen atoms in total. The van der Waals surface area contributed by atoms with Crippen LogP contribution in [0.5, 0.6) is 5.75 Å². The van der Waals surface area contributed by atoms with Gasteiger partial charge in [-0.2, -0.15) is 8.78 Å². The van der Waals surface area contributed by atoms with E-state index >= 15 is 0 Å². The molecular formula is C15H13BF5KO. The Balaban J connectivity index is 0.00000264. The van der Waals surface area contributed by atoms with Crippen LogP contribution in [0.1, 0.15) is 11.1 Å². The Kier molecular flexibility index (Phi) is 7.28. The van der Waals surface area contributed by atoms with E-state index in [0.717, 1.165) is 18.2 Å². The molecule has 0 amide bonds. The average Bonchev–Trinajstić information content (AvgIpc) is 2.45. The molecule has 23 heavy (non-hydrogen) atoms. The van der Waals surface area contributed by atoms with Gasteiger partial charge >= 0.3 is 64.3 Å². The number of halogens is 5. The van der Waals surface area contributed by atoms with Gasteiger partial charge in [0.15, 0.2) is 6.61 Å². The van der Waals surface area contributed by atoms with Gasteiger partial charge in [-0.3, -0.25) is 0 Å². The Hall–Kier alpha value is -0.409. The SMILES string of the molecule is Cc1cc(OCC(F)(F)c2ccccc2)ccc1[B-](F)(F)F.[K+]. The van der Waals surface area contributed by atoms with Crippen LogP contribution in [-0.4, -0.2) is 13.6 Å². The minimum atomic E-state index is -5.12. The molecule has 0 aromatic heterocycles. The average molecular weight is 354 g/mol. The maximum atomic E-state index is 13.9. The molecule has 2 aromatic rings. The Labute approximate surface area is 173 Å². The molecule has 0 spiro atoms. The topological polar surface area (TPSA) is 9.23 Å². The van der Waals surface area contributed by atoms with Crippen LogP contribution in [0.3, 0.4) is 0 Å². The van der Waals surface area contributed by atoms with Crippen molar-refractivity contribution in [3.8, 4) is 5.75 Å². The van der Waals surface area contributed by atoms with Crippen molar-refractivity contribution >= 4 is 12.4 Å². The summed E-state index contributed by atoms with van der Waals surface area (Å²) in [5, 5.41) is 0. The molecule has 0 bridgehead atoms. The van der Waals surface area contributed by atoms with E-state index in [1.165, 1.54) is 31.2 Å². The van der Waals surface area contributed by atoms with Crippen LogP contribution in [-0.2, 0) is 5.92 Å². The van der Waals surface area contributed by atoms with Crippen molar-refractivity contribution in [2.24, 2.45) is 0 Å². The third-order valence-corrected chi connectivity index (χ3v) is 3.21. The first-order chi connectivity index (χ1) is 10.2. The number of benzene rings is 2. The van der Waals surface area contributed by atoms with Crippen LogP contribution >= 0.6 is 0 Å². The Morgan fingerprint density at radius 2 is 1.61 bits per heavy atom. The molecule has 0 aliphatic heterocycles. The molecule has 0 unspecified atom stereocenters. The quantitative estimate of drug-likeness (QED) is 0.580. The second kappa shape index (κ2) is 8.11. The maximum absolute atomic E-state index is 13.9. The monoisotopic (exact) mass is 354 g/mol. The second-order valence-electron chi connectivity index (χ2n) is 4.95. The van der Waals surface area contributed by atoms with E-state index in [9.17, 15) is 21.7 Å². The molecule has 0 saturated carbocycles. The van der Waals surface area contributed by atoms with E-state index in [2.05, 4.69) is 0 Å². The van der Waals surface area contributed by atoms with Crippen molar-refractivity contribution in [1.29, 1.82) is 0 Å². The van der Waals surface area contributed by atoms with Gasteiger partial charge in [0.25, 0.3) is 0 Å². The minimum absolute atomic E-state index is 0. The Bertz CT molecular complexity index is 646. The number of rotatable bonds is 5. The van der Waals surface area contributed by atoms with E-state index in [0.29, 0.717) is 0 Å². The molecule has 2 aromatic carbocycles. The van der Waals surface area contributed by atoms with Crippen molar-refractivity contribution in [2.45, 2.75) is 12.8 Å². The Morgan fingerprint density at radius 1 is 1.00 bits per heavy atom. The normalized spacial score (nSPS) is 11.7. The third-order valence-electron chi connectivity index (χ3n) is 3.21. The fourth-order valence-corrected chi connectivity index (χ4v) is 2.04. The predicted molar refractivity (Wildman–Crippen MR) is 75.7 cm³/mol. The molecule has 118 valence electrons. The van der Waals surface area contributed by atoms with Gasteiger partial charge in [0.05, 0.1) is 0 Å². The van der Waals surface area contributed by atoms with Crippen LogP contribution in [0.15, 0.2) is 48.5 Å². The standard InChI is InChI=1S/C15H13BF5O.K/c1-11-9-13(7-8-14(11)16(19,20)21)22-10-15(17,18)12-5-3-2-4-6-12;/h2-9H,10H2,1H3;/q-1;+1. The van der Waals surface area contributed by atoms with Crippen molar-refractivity contribution in [2.75, 3.05) is 6.61 Å². The van der Waals surface area contributed by atoms with Gasteiger partial charge in [0, 0.05) is 5.56 Å². The number of aryl methyl sites for hydroxylation is 1. The van der Waals surface area contributed by atoms with Crippen molar-refractivity contribution < 1.29 is 77.8 Å². The van der Waals surface area contributed by atoms with E-state index in [4.69, 9.17) is 4.74 Å². The van der Waals surface area contributed by atoms with Gasteiger partial charge < -0.3 is 17.7 Å². The summed E-state index contributed by atoms with van der Waals surface area (Å²) in [5.74, 6) is -3.24. The van der Waals surface area contributed by atoms with E-state index in [-0.39, 0.29) is 68.3 Å². The first-order valence-electron chi connectivity index (χ1n) is 6.57. The van der Waals surface area contributed by atoms with E-state index < -0.39 is 25.0 Å². The predicted octanol–water partition coefficient (Wildman–Crippen LogP) is 1.22. The molecule has 0 heterocycles. The summed E-state index contributed by atoms with van der Waals surface area (Å²) < 4.78 is 70.8. The fourth-order valence-electron chi connectivity index (χ4n) is 2.04. The number of alkyl halides is 2. The second-order valence-corrected chi connectivity index (χ2v) is 4.95. The molecule has 0 aliphatic carbocycles. The van der Waals surface area contributed by atoms with Crippen LogP contribution < -0.4 is 61.6 Å². The molecule has 0 radical (unpaired) electrons. The van der Waals surface area contributed by atoms with E-state index in [1.807, 2.05) is 0 Å². The van der Waals surface area contributed by atoms with Crippen LogP contribution in [0.4, 0.5) is 21.7 Å². The summed E-state index contributed by atoms with van der Waals surface area (Å²) >= 11 is 0. The summed E-state index contributed by atoms with van der Waals surface area (Å²) in [4.78, 5) is 0. The first kappa shape index (κ1) is 20.6. The summed E-state index contributed by atoms with van der Waals surface area (Å²) in [5.41, 5.74) is -1.00. The molecule has 0 N–H and O–H groups in total. The van der Waals surface area contributed by atoms with Gasteiger partial charge in [0.2, 0.25) is 0 Å². The molecule has 0 aliphatic rings. The van der Waals surface area contributed by atoms with Crippen molar-refractivity contribution in [3.05, 3.63) is 59.7 Å². The van der Waals surface area contributed by atoms with Crippen LogP contribution in [0.2, 0.25) is 0 Å². The zero-order valence-electron chi connectivity index (χ0n) is 12.7.